The summed E-state index contributed by atoms with van der Waals surface area (Å²) < 4.78 is 7.95. The van der Waals surface area contributed by atoms with Crippen LogP contribution < -0.4 is 5.01 Å². The second kappa shape index (κ2) is 4.10. The van der Waals surface area contributed by atoms with E-state index in [-0.39, 0.29) is 0 Å². The number of hydrogen-bond acceptors (Lipinski definition) is 4. The van der Waals surface area contributed by atoms with Crippen LogP contribution in [0, 0.1) is 4.77 Å². The highest BCUT2D eigenvalue weighted by molar-refractivity contribution is 7.71. The lowest BCUT2D eigenvalue weighted by Crippen LogP contribution is -2.44. The fourth-order valence-electron chi connectivity index (χ4n) is 1.60. The van der Waals surface area contributed by atoms with Crippen LogP contribution in [-0.4, -0.2) is 41.2 Å². The van der Waals surface area contributed by atoms with Gasteiger partial charge in [0.25, 0.3) is 0 Å². The second-order valence-corrected chi connectivity index (χ2v) is 3.56. The van der Waals surface area contributed by atoms with E-state index < -0.39 is 0 Å². The molecule has 1 aromatic rings. The molecule has 1 aromatic heterocycles. The second-order valence-electron chi connectivity index (χ2n) is 3.18. The van der Waals surface area contributed by atoms with Crippen LogP contribution in [0.1, 0.15) is 12.7 Å². The molecule has 0 spiro atoms. The third kappa shape index (κ3) is 1.67. The van der Waals surface area contributed by atoms with Crippen LogP contribution >= 0.6 is 12.2 Å². The van der Waals surface area contributed by atoms with Crippen molar-refractivity contribution in [3.05, 3.63) is 10.6 Å². The molecule has 0 saturated carbocycles. The summed E-state index contributed by atoms with van der Waals surface area (Å²) >= 11 is 5.18. The van der Waals surface area contributed by atoms with E-state index in [4.69, 9.17) is 17.0 Å². The smallest absolute Gasteiger partial charge is 0.214 e. The number of nitrogens with one attached hydrogen (secondary N) is 1. The first-order valence-electron chi connectivity index (χ1n) is 4.82. The highest BCUT2D eigenvalue weighted by Crippen LogP contribution is 2.03. The lowest BCUT2D eigenvalue weighted by Gasteiger charge is -2.29. The minimum absolute atomic E-state index is 0.670. The molecule has 1 N–H and O–H groups in total. The maximum absolute atomic E-state index is 5.29. The Morgan fingerprint density at radius 3 is 2.86 bits per heavy atom. The summed E-state index contributed by atoms with van der Waals surface area (Å²) in [4.78, 5) is 0. The van der Waals surface area contributed by atoms with Gasteiger partial charge in [-0.1, -0.05) is 6.92 Å². The summed E-state index contributed by atoms with van der Waals surface area (Å²) in [6, 6.07) is 0. The van der Waals surface area contributed by atoms with Crippen LogP contribution in [-0.2, 0) is 11.2 Å². The Morgan fingerprint density at radius 2 is 2.21 bits per heavy atom. The summed E-state index contributed by atoms with van der Waals surface area (Å²) in [6.07, 6.45) is 0.879. The molecule has 0 bridgehead atoms. The highest BCUT2D eigenvalue weighted by atomic mass is 32.1. The number of aromatic nitrogens is 3. The van der Waals surface area contributed by atoms with Gasteiger partial charge in [-0.2, -0.15) is 5.10 Å². The Hall–Kier alpha value is -0.880. The normalized spacial score (nSPS) is 17.4. The molecule has 1 aliphatic heterocycles. The first-order chi connectivity index (χ1) is 6.83. The topological polar surface area (TPSA) is 46.1 Å². The van der Waals surface area contributed by atoms with Crippen LogP contribution in [0.15, 0.2) is 0 Å². The van der Waals surface area contributed by atoms with Gasteiger partial charge >= 0.3 is 0 Å². The number of aromatic amines is 1. The Morgan fingerprint density at radius 1 is 1.50 bits per heavy atom. The predicted molar refractivity (Wildman–Crippen MR) is 55.6 cm³/mol. The van der Waals surface area contributed by atoms with Crippen molar-refractivity contribution in [1.29, 1.82) is 0 Å². The largest absolute Gasteiger partial charge is 0.378 e. The van der Waals surface area contributed by atoms with E-state index in [9.17, 15) is 0 Å². The van der Waals surface area contributed by atoms with Gasteiger partial charge in [-0.05, 0) is 12.2 Å². The van der Waals surface area contributed by atoms with Crippen LogP contribution in [0.3, 0.4) is 0 Å². The number of morpholine rings is 1. The molecule has 1 fully saturated rings. The molecular formula is C8H14N4OS. The molecular weight excluding hydrogens is 200 g/mol. The van der Waals surface area contributed by atoms with E-state index in [1.54, 1.807) is 0 Å². The molecule has 14 heavy (non-hydrogen) atoms. The number of rotatable bonds is 2. The molecule has 5 nitrogen and oxygen atoms in total. The summed E-state index contributed by atoms with van der Waals surface area (Å²) in [6.45, 7) is 5.34. The van der Waals surface area contributed by atoms with E-state index in [2.05, 4.69) is 22.1 Å². The maximum atomic E-state index is 5.29. The zero-order valence-electron chi connectivity index (χ0n) is 8.19. The van der Waals surface area contributed by atoms with E-state index in [1.165, 1.54) is 0 Å². The number of H-pyrrole nitrogens is 1. The molecule has 1 aliphatic rings. The van der Waals surface area contributed by atoms with Crippen molar-refractivity contribution < 1.29 is 4.74 Å². The molecule has 0 unspecified atom stereocenters. The fraction of sp³-hybridized carbons (Fsp3) is 0.750. The molecule has 1 saturated heterocycles. The number of aryl methyl sites for hydroxylation is 1. The Kier molecular flexibility index (Phi) is 2.83. The summed E-state index contributed by atoms with van der Waals surface area (Å²) in [7, 11) is 0. The van der Waals surface area contributed by atoms with E-state index in [1.807, 2.05) is 4.68 Å². The van der Waals surface area contributed by atoms with Gasteiger partial charge in [0.2, 0.25) is 4.77 Å². The van der Waals surface area contributed by atoms with E-state index in [0.717, 1.165) is 38.5 Å². The van der Waals surface area contributed by atoms with Gasteiger partial charge in [0.15, 0.2) is 5.82 Å². The molecule has 2 heterocycles. The van der Waals surface area contributed by atoms with Crippen LogP contribution in [0.2, 0.25) is 0 Å². The van der Waals surface area contributed by atoms with Gasteiger partial charge in [-0.25, -0.2) is 4.68 Å². The average Bonchev–Trinajstić information content (AvgIpc) is 2.61. The van der Waals surface area contributed by atoms with Crippen LogP contribution in [0.25, 0.3) is 0 Å². The van der Waals surface area contributed by atoms with Crippen molar-refractivity contribution >= 4 is 12.2 Å². The van der Waals surface area contributed by atoms with E-state index in [0.29, 0.717) is 4.77 Å². The Bertz CT molecular complexity index is 352. The maximum Gasteiger partial charge on any atom is 0.214 e. The zero-order chi connectivity index (χ0) is 9.97. The first-order valence-corrected chi connectivity index (χ1v) is 5.23. The lowest BCUT2D eigenvalue weighted by molar-refractivity contribution is 0.110. The Balaban J connectivity index is 2.28. The van der Waals surface area contributed by atoms with Gasteiger partial charge in [0.1, 0.15) is 0 Å². The molecule has 78 valence electrons. The quantitative estimate of drug-likeness (QED) is 0.727. The monoisotopic (exact) mass is 214 g/mol. The van der Waals surface area contributed by atoms with Gasteiger partial charge < -0.3 is 9.75 Å². The molecule has 0 aliphatic carbocycles. The summed E-state index contributed by atoms with van der Waals surface area (Å²) in [5.41, 5.74) is 0. The van der Waals surface area contributed by atoms with Crippen molar-refractivity contribution in [3.8, 4) is 0 Å². The zero-order valence-corrected chi connectivity index (χ0v) is 9.01. The number of ether oxygens (including phenoxy) is 1. The third-order valence-corrected chi connectivity index (χ3v) is 2.57. The Labute approximate surface area is 87.6 Å². The lowest BCUT2D eigenvalue weighted by atomic mass is 10.4. The van der Waals surface area contributed by atoms with Crippen molar-refractivity contribution in [2.24, 2.45) is 0 Å². The van der Waals surface area contributed by atoms with E-state index >= 15 is 0 Å². The SMILES string of the molecule is CCc1n[nH]c(=S)n1N1CCOCC1. The molecule has 6 heteroatoms. The highest BCUT2D eigenvalue weighted by Gasteiger charge is 2.14. The van der Waals surface area contributed by atoms with Gasteiger partial charge in [-0.3, -0.25) is 5.10 Å². The van der Waals surface area contributed by atoms with Crippen molar-refractivity contribution in [2.45, 2.75) is 13.3 Å². The summed E-state index contributed by atoms with van der Waals surface area (Å²) in [5.74, 6) is 0.983. The molecule has 0 aromatic carbocycles. The van der Waals surface area contributed by atoms with Crippen LogP contribution in [0.5, 0.6) is 0 Å². The third-order valence-electron chi connectivity index (χ3n) is 2.30. The molecule has 0 atom stereocenters. The van der Waals surface area contributed by atoms with Gasteiger partial charge in [0, 0.05) is 6.42 Å². The first kappa shape index (κ1) is 9.67. The fourth-order valence-corrected chi connectivity index (χ4v) is 1.87. The van der Waals surface area contributed by atoms with Gasteiger partial charge in [-0.15, -0.1) is 0 Å². The average molecular weight is 214 g/mol. The van der Waals surface area contributed by atoms with Crippen molar-refractivity contribution in [3.63, 3.8) is 0 Å². The van der Waals surface area contributed by atoms with Crippen molar-refractivity contribution in [1.82, 2.24) is 14.9 Å². The summed E-state index contributed by atoms with van der Waals surface area (Å²) in [5, 5.41) is 9.17. The molecule has 2 rings (SSSR count). The number of nitrogens with zero attached hydrogens (tertiary/aromatic N) is 3. The standard InChI is InChI=1S/C8H14N4OS/c1-2-7-9-10-8(14)12(7)11-3-5-13-6-4-11/h2-6H2,1H3,(H,10,14). The van der Waals surface area contributed by atoms with Crippen molar-refractivity contribution in [2.75, 3.05) is 31.3 Å². The molecule has 0 amide bonds. The predicted octanol–water partition coefficient (Wildman–Crippen LogP) is 0.471. The number of hydrogen-bond donors (Lipinski definition) is 1. The molecule has 0 radical (unpaired) electrons. The minimum atomic E-state index is 0.670. The minimum Gasteiger partial charge on any atom is -0.378 e. The van der Waals surface area contributed by atoms with Gasteiger partial charge in [0.05, 0.1) is 26.3 Å². The van der Waals surface area contributed by atoms with Crippen LogP contribution in [0.4, 0.5) is 0 Å².